The zero-order valence-electron chi connectivity index (χ0n) is 15.1. The van der Waals surface area contributed by atoms with E-state index in [1.165, 1.54) is 36.1 Å². The van der Waals surface area contributed by atoms with Crippen LogP contribution in [0.5, 0.6) is 0 Å². The molecule has 26 heavy (non-hydrogen) atoms. The second-order valence-electron chi connectivity index (χ2n) is 5.62. The quantitative estimate of drug-likeness (QED) is 0.671. The van der Waals surface area contributed by atoms with Crippen molar-refractivity contribution in [3.63, 3.8) is 0 Å². The fraction of sp³-hybridized carbons (Fsp3) is 0.389. The molecule has 0 saturated carbocycles. The van der Waals surface area contributed by atoms with E-state index in [1.807, 2.05) is 0 Å². The van der Waals surface area contributed by atoms with Crippen LogP contribution in [0.2, 0.25) is 0 Å². The number of amides is 1. The maximum atomic E-state index is 14.0. The first-order valence-electron chi connectivity index (χ1n) is 8.14. The van der Waals surface area contributed by atoms with Gasteiger partial charge in [-0.15, -0.1) is 0 Å². The second kappa shape index (κ2) is 9.10. The Bertz CT molecular complexity index is 776. The number of methoxy groups -OCH3 is 2. The first-order chi connectivity index (χ1) is 12.5. The van der Waals surface area contributed by atoms with Crippen LogP contribution in [-0.4, -0.2) is 60.5 Å². The van der Waals surface area contributed by atoms with Gasteiger partial charge in [0.15, 0.2) is 0 Å². The lowest BCUT2D eigenvalue weighted by molar-refractivity contribution is -0.140. The number of hydrogen-bond donors (Lipinski definition) is 0. The minimum Gasteiger partial charge on any atom is -0.469 e. The Morgan fingerprint density at radius 1 is 1.23 bits per heavy atom. The molecule has 0 saturated heterocycles. The summed E-state index contributed by atoms with van der Waals surface area (Å²) in [6, 6.07) is 6.20. The van der Waals surface area contributed by atoms with Crippen LogP contribution >= 0.6 is 0 Å². The lowest BCUT2D eigenvalue weighted by Gasteiger charge is -2.21. The number of ether oxygens (including phenoxy) is 2. The monoisotopic (exact) mass is 363 g/mol. The summed E-state index contributed by atoms with van der Waals surface area (Å²) in [5.74, 6) is -1.13. The van der Waals surface area contributed by atoms with Gasteiger partial charge < -0.3 is 14.4 Å². The van der Waals surface area contributed by atoms with Gasteiger partial charge in [0.25, 0.3) is 5.91 Å². The molecule has 0 fully saturated rings. The standard InChI is InChI=1S/C18H22FN3O4/c1-13-14(12-20-22(13)16-7-5-4-6-15(16)19)18(24)21(10-11-25-2)9-8-17(23)26-3/h4-7,12H,8-11H2,1-3H3. The maximum Gasteiger partial charge on any atom is 0.307 e. The molecule has 0 atom stereocenters. The van der Waals surface area contributed by atoms with E-state index in [0.717, 1.165) is 0 Å². The highest BCUT2D eigenvalue weighted by Gasteiger charge is 2.22. The molecule has 140 valence electrons. The molecule has 1 heterocycles. The molecule has 0 unspecified atom stereocenters. The van der Waals surface area contributed by atoms with Crippen molar-refractivity contribution in [3.05, 3.63) is 47.5 Å². The van der Waals surface area contributed by atoms with E-state index in [9.17, 15) is 14.0 Å². The van der Waals surface area contributed by atoms with Gasteiger partial charge in [0.2, 0.25) is 0 Å². The van der Waals surface area contributed by atoms with E-state index in [4.69, 9.17) is 4.74 Å². The van der Waals surface area contributed by atoms with Crippen LogP contribution in [0.25, 0.3) is 5.69 Å². The molecule has 0 aliphatic heterocycles. The van der Waals surface area contributed by atoms with E-state index >= 15 is 0 Å². The van der Waals surface area contributed by atoms with Gasteiger partial charge in [-0.3, -0.25) is 9.59 Å². The summed E-state index contributed by atoms with van der Waals surface area (Å²) in [5, 5.41) is 4.15. The minimum atomic E-state index is -0.431. The summed E-state index contributed by atoms with van der Waals surface area (Å²) in [7, 11) is 2.83. The summed E-state index contributed by atoms with van der Waals surface area (Å²) in [4.78, 5) is 25.8. The van der Waals surface area contributed by atoms with Crippen LogP contribution in [0, 0.1) is 12.7 Å². The summed E-state index contributed by atoms with van der Waals surface area (Å²) < 4.78 is 25.1. The van der Waals surface area contributed by atoms with E-state index in [0.29, 0.717) is 24.4 Å². The normalized spacial score (nSPS) is 10.6. The zero-order valence-corrected chi connectivity index (χ0v) is 15.1. The molecule has 0 N–H and O–H groups in total. The first-order valence-corrected chi connectivity index (χ1v) is 8.14. The highest BCUT2D eigenvalue weighted by molar-refractivity contribution is 5.95. The van der Waals surface area contributed by atoms with Gasteiger partial charge in [-0.1, -0.05) is 12.1 Å². The number of benzene rings is 1. The van der Waals surface area contributed by atoms with Crippen LogP contribution < -0.4 is 0 Å². The number of esters is 1. The minimum absolute atomic E-state index is 0.0758. The molecule has 1 aromatic carbocycles. The molecule has 0 radical (unpaired) electrons. The highest BCUT2D eigenvalue weighted by atomic mass is 19.1. The first kappa shape index (κ1) is 19.6. The van der Waals surface area contributed by atoms with Gasteiger partial charge in [0, 0.05) is 20.2 Å². The predicted octanol–water partition coefficient (Wildman–Crippen LogP) is 1.97. The van der Waals surface area contributed by atoms with E-state index in [1.54, 1.807) is 25.1 Å². The Hall–Kier alpha value is -2.74. The van der Waals surface area contributed by atoms with Gasteiger partial charge in [-0.25, -0.2) is 9.07 Å². The van der Waals surface area contributed by atoms with E-state index in [2.05, 4.69) is 9.84 Å². The second-order valence-corrected chi connectivity index (χ2v) is 5.62. The van der Waals surface area contributed by atoms with Crippen molar-refractivity contribution in [2.45, 2.75) is 13.3 Å². The molecule has 1 aromatic heterocycles. The molecule has 0 aliphatic rings. The molecule has 0 aliphatic carbocycles. The Labute approximate surface area is 151 Å². The summed E-state index contributed by atoms with van der Waals surface area (Å²) in [6.45, 7) is 2.53. The van der Waals surface area contributed by atoms with Gasteiger partial charge >= 0.3 is 5.97 Å². The Morgan fingerprint density at radius 3 is 2.62 bits per heavy atom. The fourth-order valence-electron chi connectivity index (χ4n) is 2.50. The average Bonchev–Trinajstić information content (AvgIpc) is 3.02. The van der Waals surface area contributed by atoms with Crippen LogP contribution in [0.4, 0.5) is 4.39 Å². The third-order valence-electron chi connectivity index (χ3n) is 3.99. The summed E-state index contributed by atoms with van der Waals surface area (Å²) in [5.41, 5.74) is 1.12. The Kier molecular flexibility index (Phi) is 6.85. The number of halogens is 1. The van der Waals surface area contributed by atoms with E-state index in [-0.39, 0.29) is 24.6 Å². The molecule has 8 heteroatoms. The SMILES string of the molecule is COCCN(CCC(=O)OC)C(=O)c1cnn(-c2ccccc2F)c1C. The van der Waals surface area contributed by atoms with Crippen molar-refractivity contribution in [1.82, 2.24) is 14.7 Å². The number of carbonyl (C=O) groups is 2. The predicted molar refractivity (Wildman–Crippen MR) is 92.7 cm³/mol. The third kappa shape index (κ3) is 4.45. The van der Waals surface area contributed by atoms with Crippen molar-refractivity contribution >= 4 is 11.9 Å². The van der Waals surface area contributed by atoms with Crippen LogP contribution in [0.1, 0.15) is 22.5 Å². The third-order valence-corrected chi connectivity index (χ3v) is 3.99. The van der Waals surface area contributed by atoms with Crippen LogP contribution in [-0.2, 0) is 14.3 Å². The molecule has 2 aromatic rings. The molecular weight excluding hydrogens is 341 g/mol. The number of hydrogen-bond acceptors (Lipinski definition) is 5. The average molecular weight is 363 g/mol. The number of aromatic nitrogens is 2. The Morgan fingerprint density at radius 2 is 1.96 bits per heavy atom. The van der Waals surface area contributed by atoms with Crippen molar-refractivity contribution < 1.29 is 23.5 Å². The topological polar surface area (TPSA) is 73.7 Å². The number of para-hydroxylation sites is 1. The van der Waals surface area contributed by atoms with Crippen molar-refractivity contribution in [3.8, 4) is 5.69 Å². The summed E-state index contributed by atoms with van der Waals surface area (Å²) in [6.07, 6.45) is 1.48. The fourth-order valence-corrected chi connectivity index (χ4v) is 2.50. The van der Waals surface area contributed by atoms with Gasteiger partial charge in [-0.05, 0) is 19.1 Å². The molecule has 0 spiro atoms. The van der Waals surface area contributed by atoms with Gasteiger partial charge in [0.1, 0.15) is 11.5 Å². The van der Waals surface area contributed by atoms with Gasteiger partial charge in [-0.2, -0.15) is 5.10 Å². The smallest absolute Gasteiger partial charge is 0.307 e. The number of carbonyl (C=O) groups excluding carboxylic acids is 2. The van der Waals surface area contributed by atoms with Crippen LogP contribution in [0.15, 0.2) is 30.5 Å². The van der Waals surface area contributed by atoms with Crippen molar-refractivity contribution in [2.24, 2.45) is 0 Å². The van der Waals surface area contributed by atoms with Crippen molar-refractivity contribution in [2.75, 3.05) is 33.9 Å². The lowest BCUT2D eigenvalue weighted by Crippen LogP contribution is -2.36. The summed E-state index contributed by atoms with van der Waals surface area (Å²) >= 11 is 0. The van der Waals surface area contributed by atoms with Crippen molar-refractivity contribution in [1.29, 1.82) is 0 Å². The maximum absolute atomic E-state index is 14.0. The zero-order chi connectivity index (χ0) is 19.1. The lowest BCUT2D eigenvalue weighted by atomic mass is 10.2. The highest BCUT2D eigenvalue weighted by Crippen LogP contribution is 2.18. The molecule has 2 rings (SSSR count). The number of nitrogens with zero attached hydrogens (tertiary/aromatic N) is 3. The molecule has 0 bridgehead atoms. The van der Waals surface area contributed by atoms with Gasteiger partial charge in [0.05, 0.1) is 37.6 Å². The van der Waals surface area contributed by atoms with Crippen LogP contribution in [0.3, 0.4) is 0 Å². The molecule has 7 nitrogen and oxygen atoms in total. The number of rotatable bonds is 8. The molecule has 1 amide bonds. The largest absolute Gasteiger partial charge is 0.469 e. The molecular formula is C18H22FN3O4. The Balaban J connectivity index is 2.25. The van der Waals surface area contributed by atoms with E-state index < -0.39 is 11.8 Å².